The molecule has 2 fully saturated rings. The fraction of sp³-hybridized carbons (Fsp3) is 0.367. The smallest absolute Gasteiger partial charge is 0.259 e. The first-order chi connectivity index (χ1) is 19.3. The summed E-state index contributed by atoms with van der Waals surface area (Å²) in [5.41, 5.74) is 1.31. The van der Waals surface area contributed by atoms with E-state index in [9.17, 15) is 22.0 Å². The fourth-order valence-corrected chi connectivity index (χ4v) is 7.03. The predicted octanol–water partition coefficient (Wildman–Crippen LogP) is 4.58. The van der Waals surface area contributed by atoms with E-state index < -0.39 is 33.1 Å². The first kappa shape index (κ1) is 28.0. The predicted molar refractivity (Wildman–Crippen MR) is 149 cm³/mol. The molecule has 3 aromatic rings. The Labute approximate surface area is 234 Å². The molecule has 0 N–H and O–H groups in total. The molecule has 0 radical (unpaired) electrons. The lowest BCUT2D eigenvalue weighted by molar-refractivity contribution is 0.0737. The summed E-state index contributed by atoms with van der Waals surface area (Å²) in [7, 11) is -2.19. The highest BCUT2D eigenvalue weighted by atomic mass is 32.2. The maximum absolute atomic E-state index is 14.2. The van der Waals surface area contributed by atoms with Gasteiger partial charge >= 0.3 is 0 Å². The van der Waals surface area contributed by atoms with Crippen LogP contribution in [-0.2, 0) is 16.4 Å². The molecule has 2 aliphatic rings. The van der Waals surface area contributed by atoms with Crippen LogP contribution >= 0.6 is 0 Å². The molecule has 212 valence electrons. The van der Waals surface area contributed by atoms with Crippen molar-refractivity contribution in [1.29, 1.82) is 0 Å². The number of nitrogens with zero attached hydrogens (tertiary/aromatic N) is 3. The molecule has 0 saturated carbocycles. The first-order valence-corrected chi connectivity index (χ1v) is 14.9. The molecule has 2 heterocycles. The van der Waals surface area contributed by atoms with Gasteiger partial charge in [0, 0.05) is 39.3 Å². The molecule has 0 aromatic heterocycles. The first-order valence-electron chi connectivity index (χ1n) is 13.5. The average Bonchev–Trinajstić information content (AvgIpc) is 2.97. The van der Waals surface area contributed by atoms with E-state index in [1.807, 2.05) is 23.1 Å². The van der Waals surface area contributed by atoms with Gasteiger partial charge in [0.25, 0.3) is 5.91 Å². The third-order valence-corrected chi connectivity index (χ3v) is 9.71. The number of sulfonamides is 1. The van der Waals surface area contributed by atoms with Crippen LogP contribution in [0.15, 0.2) is 71.6 Å². The minimum atomic E-state index is -3.71. The Balaban J connectivity index is 1.26. The van der Waals surface area contributed by atoms with Gasteiger partial charge in [-0.25, -0.2) is 17.2 Å². The zero-order valence-electron chi connectivity index (χ0n) is 22.4. The van der Waals surface area contributed by atoms with Crippen molar-refractivity contribution < 1.29 is 26.7 Å². The Kier molecular flexibility index (Phi) is 8.37. The molecule has 7 nitrogen and oxygen atoms in total. The van der Waals surface area contributed by atoms with Gasteiger partial charge < -0.3 is 14.5 Å². The van der Waals surface area contributed by atoms with Crippen LogP contribution in [0, 0.1) is 17.6 Å². The van der Waals surface area contributed by atoms with E-state index in [0.29, 0.717) is 43.5 Å². The number of piperidine rings is 1. The van der Waals surface area contributed by atoms with Gasteiger partial charge in [-0.1, -0.05) is 36.4 Å². The van der Waals surface area contributed by atoms with Crippen molar-refractivity contribution in [2.45, 2.75) is 24.2 Å². The lowest BCUT2D eigenvalue weighted by Gasteiger charge is -2.37. The zero-order valence-corrected chi connectivity index (χ0v) is 23.2. The monoisotopic (exact) mass is 569 g/mol. The molecular weight excluding hydrogens is 536 g/mol. The van der Waals surface area contributed by atoms with E-state index in [-0.39, 0.29) is 18.0 Å². The number of ether oxygens (including phenoxy) is 1. The highest BCUT2D eigenvalue weighted by Gasteiger charge is 2.32. The van der Waals surface area contributed by atoms with E-state index in [1.165, 1.54) is 23.6 Å². The van der Waals surface area contributed by atoms with Crippen molar-refractivity contribution in [3.05, 3.63) is 89.5 Å². The van der Waals surface area contributed by atoms with Crippen molar-refractivity contribution in [1.82, 2.24) is 9.21 Å². The summed E-state index contributed by atoms with van der Waals surface area (Å²) in [6.07, 6.45) is 2.55. The number of rotatable bonds is 7. The molecule has 40 heavy (non-hydrogen) atoms. The summed E-state index contributed by atoms with van der Waals surface area (Å²) in [6, 6.07) is 18.4. The van der Waals surface area contributed by atoms with E-state index in [2.05, 4.69) is 12.1 Å². The Bertz CT molecular complexity index is 1430. The standard InChI is InChI=1S/C30H33F2N3O4S/c1-39-28-11-10-24(40(37,38)35-14-12-23(13-15-35)20-22-6-3-2-4-7-22)21-27(28)33-16-18-34(19-17-33)30(36)29-25(31)8-5-9-26(29)32/h2-11,21,23H,12-20H2,1H3. The van der Waals surface area contributed by atoms with Crippen LogP contribution in [0.5, 0.6) is 5.75 Å². The van der Waals surface area contributed by atoms with Crippen LogP contribution in [0.4, 0.5) is 14.5 Å². The second-order valence-electron chi connectivity index (χ2n) is 10.2. The van der Waals surface area contributed by atoms with Crippen molar-refractivity contribution in [2.24, 2.45) is 5.92 Å². The fourth-order valence-electron chi connectivity index (χ4n) is 5.54. The van der Waals surface area contributed by atoms with Crippen LogP contribution in [0.1, 0.15) is 28.8 Å². The summed E-state index contributed by atoms with van der Waals surface area (Å²) in [5.74, 6) is -1.53. The second-order valence-corrected chi connectivity index (χ2v) is 12.2. The number of carbonyl (C=O) groups is 1. The maximum atomic E-state index is 14.2. The molecule has 2 aliphatic heterocycles. The highest BCUT2D eigenvalue weighted by Crippen LogP contribution is 2.34. The van der Waals surface area contributed by atoms with Gasteiger partial charge in [0.1, 0.15) is 22.9 Å². The van der Waals surface area contributed by atoms with Crippen molar-refractivity contribution in [2.75, 3.05) is 51.3 Å². The molecule has 1 amide bonds. The Hall–Kier alpha value is -3.50. The lowest BCUT2D eigenvalue weighted by atomic mass is 9.91. The number of hydrogen-bond donors (Lipinski definition) is 0. The molecule has 10 heteroatoms. The minimum absolute atomic E-state index is 0.191. The molecular formula is C30H33F2N3O4S. The molecule has 5 rings (SSSR count). The van der Waals surface area contributed by atoms with Gasteiger partial charge in [-0.15, -0.1) is 0 Å². The number of benzene rings is 3. The van der Waals surface area contributed by atoms with Gasteiger partial charge in [0.2, 0.25) is 10.0 Å². The van der Waals surface area contributed by atoms with Crippen molar-refractivity contribution in [3.63, 3.8) is 0 Å². The van der Waals surface area contributed by atoms with Crippen LogP contribution in [0.25, 0.3) is 0 Å². The molecule has 2 saturated heterocycles. The van der Waals surface area contributed by atoms with Gasteiger partial charge in [0.05, 0.1) is 17.7 Å². The summed E-state index contributed by atoms with van der Waals surface area (Å²) in [5, 5.41) is 0. The number of anilines is 1. The van der Waals surface area contributed by atoms with Crippen molar-refractivity contribution in [3.8, 4) is 5.75 Å². The highest BCUT2D eigenvalue weighted by molar-refractivity contribution is 7.89. The number of halogens is 2. The van der Waals surface area contributed by atoms with E-state index in [1.54, 1.807) is 22.5 Å². The second kappa shape index (κ2) is 11.9. The number of methoxy groups -OCH3 is 1. The summed E-state index contributed by atoms with van der Waals surface area (Å²) < 4.78 is 62.6. The number of hydrogen-bond acceptors (Lipinski definition) is 5. The summed E-state index contributed by atoms with van der Waals surface area (Å²) >= 11 is 0. The van der Waals surface area contributed by atoms with Crippen LogP contribution in [0.2, 0.25) is 0 Å². The zero-order chi connectivity index (χ0) is 28.3. The molecule has 0 aliphatic carbocycles. The third-order valence-electron chi connectivity index (χ3n) is 7.81. The number of piperazine rings is 1. The van der Waals surface area contributed by atoms with E-state index in [0.717, 1.165) is 31.4 Å². The Morgan fingerprint density at radius 3 is 2.15 bits per heavy atom. The van der Waals surface area contributed by atoms with Crippen LogP contribution in [-0.4, -0.2) is 69.9 Å². The van der Waals surface area contributed by atoms with E-state index >= 15 is 0 Å². The van der Waals surface area contributed by atoms with E-state index in [4.69, 9.17) is 4.74 Å². The molecule has 0 spiro atoms. The van der Waals surface area contributed by atoms with Gasteiger partial charge in [-0.2, -0.15) is 4.31 Å². The van der Waals surface area contributed by atoms with Crippen LogP contribution < -0.4 is 9.64 Å². The normalized spacial score (nSPS) is 17.2. The van der Waals surface area contributed by atoms with Gasteiger partial charge in [0.15, 0.2) is 0 Å². The van der Waals surface area contributed by atoms with Crippen LogP contribution in [0.3, 0.4) is 0 Å². The number of carbonyl (C=O) groups excluding carboxylic acids is 1. The Morgan fingerprint density at radius 2 is 1.52 bits per heavy atom. The summed E-state index contributed by atoms with van der Waals surface area (Å²) in [6.45, 7) is 2.09. The topological polar surface area (TPSA) is 70.2 Å². The lowest BCUT2D eigenvalue weighted by Crippen LogP contribution is -2.49. The largest absolute Gasteiger partial charge is 0.495 e. The van der Waals surface area contributed by atoms with Gasteiger partial charge in [-0.05, 0) is 61.1 Å². The quantitative estimate of drug-likeness (QED) is 0.417. The molecule has 0 bridgehead atoms. The number of amides is 1. The third kappa shape index (κ3) is 5.83. The summed E-state index contributed by atoms with van der Waals surface area (Å²) in [4.78, 5) is 16.3. The SMILES string of the molecule is COc1ccc(S(=O)(=O)N2CCC(Cc3ccccc3)CC2)cc1N1CCN(C(=O)c2c(F)cccc2F)CC1. The maximum Gasteiger partial charge on any atom is 0.259 e. The van der Waals surface area contributed by atoms with Gasteiger partial charge in [-0.3, -0.25) is 4.79 Å². The molecule has 0 atom stereocenters. The Morgan fingerprint density at radius 1 is 0.875 bits per heavy atom. The minimum Gasteiger partial charge on any atom is -0.495 e. The molecule has 0 unspecified atom stereocenters. The average molecular weight is 570 g/mol. The molecule has 3 aromatic carbocycles. The van der Waals surface area contributed by atoms with Crippen molar-refractivity contribution >= 4 is 21.6 Å².